The van der Waals surface area contributed by atoms with E-state index < -0.39 is 0 Å². The standard InChI is InChI=1S/C14H19N3/c1-10-5-4-6-13(7-10)11(2)15-8-14-9-16-17-12(14)3/h4-7,9,11,15H,8H2,1-3H3,(H,16,17)/t11-/m1/s1. The van der Waals surface area contributed by atoms with E-state index in [-0.39, 0.29) is 0 Å². The molecule has 1 aromatic heterocycles. The summed E-state index contributed by atoms with van der Waals surface area (Å²) in [6.45, 7) is 7.19. The van der Waals surface area contributed by atoms with Crippen molar-refractivity contribution < 1.29 is 0 Å². The van der Waals surface area contributed by atoms with Gasteiger partial charge in [-0.2, -0.15) is 5.10 Å². The molecule has 2 aromatic rings. The number of hydrogen-bond acceptors (Lipinski definition) is 2. The Hall–Kier alpha value is -1.61. The number of aromatic amines is 1. The molecular formula is C14H19N3. The van der Waals surface area contributed by atoms with Crippen molar-refractivity contribution >= 4 is 0 Å². The van der Waals surface area contributed by atoms with Crippen LogP contribution < -0.4 is 5.32 Å². The van der Waals surface area contributed by atoms with Crippen LogP contribution in [0.3, 0.4) is 0 Å². The minimum Gasteiger partial charge on any atom is -0.306 e. The maximum Gasteiger partial charge on any atom is 0.0535 e. The van der Waals surface area contributed by atoms with Crippen LogP contribution in [0.1, 0.15) is 35.3 Å². The molecular weight excluding hydrogens is 210 g/mol. The highest BCUT2D eigenvalue weighted by atomic mass is 15.1. The van der Waals surface area contributed by atoms with E-state index in [4.69, 9.17) is 0 Å². The Morgan fingerprint density at radius 1 is 1.35 bits per heavy atom. The number of nitrogens with one attached hydrogen (secondary N) is 2. The number of aryl methyl sites for hydroxylation is 2. The number of benzene rings is 1. The van der Waals surface area contributed by atoms with Crippen molar-refractivity contribution in [3.63, 3.8) is 0 Å². The van der Waals surface area contributed by atoms with Crippen LogP contribution in [0.2, 0.25) is 0 Å². The quantitative estimate of drug-likeness (QED) is 0.846. The maximum absolute atomic E-state index is 4.02. The molecule has 1 aromatic carbocycles. The highest BCUT2D eigenvalue weighted by Crippen LogP contribution is 2.14. The Morgan fingerprint density at radius 2 is 2.18 bits per heavy atom. The smallest absolute Gasteiger partial charge is 0.0535 e. The zero-order valence-electron chi connectivity index (χ0n) is 10.6. The average Bonchev–Trinajstić information content (AvgIpc) is 2.72. The van der Waals surface area contributed by atoms with Gasteiger partial charge in [-0.25, -0.2) is 0 Å². The Bertz CT molecular complexity index is 488. The molecule has 0 saturated carbocycles. The summed E-state index contributed by atoms with van der Waals surface area (Å²) in [4.78, 5) is 0. The van der Waals surface area contributed by atoms with Gasteiger partial charge < -0.3 is 5.32 Å². The molecule has 0 radical (unpaired) electrons. The molecule has 0 aliphatic heterocycles. The van der Waals surface area contributed by atoms with Crippen LogP contribution in [0, 0.1) is 13.8 Å². The lowest BCUT2D eigenvalue weighted by Crippen LogP contribution is -2.18. The summed E-state index contributed by atoms with van der Waals surface area (Å²) in [7, 11) is 0. The zero-order valence-corrected chi connectivity index (χ0v) is 10.6. The van der Waals surface area contributed by atoms with Crippen molar-refractivity contribution in [2.24, 2.45) is 0 Å². The van der Waals surface area contributed by atoms with Gasteiger partial charge in [-0.05, 0) is 26.3 Å². The molecule has 0 saturated heterocycles. The summed E-state index contributed by atoms with van der Waals surface area (Å²) >= 11 is 0. The summed E-state index contributed by atoms with van der Waals surface area (Å²) in [5.41, 5.74) is 4.99. The summed E-state index contributed by atoms with van der Waals surface area (Å²) < 4.78 is 0. The molecule has 0 aliphatic carbocycles. The molecule has 0 aliphatic rings. The first-order valence-electron chi connectivity index (χ1n) is 5.95. The summed E-state index contributed by atoms with van der Waals surface area (Å²) in [6.07, 6.45) is 1.88. The second-order valence-electron chi connectivity index (χ2n) is 4.54. The van der Waals surface area contributed by atoms with Gasteiger partial charge in [0.1, 0.15) is 0 Å². The zero-order chi connectivity index (χ0) is 12.3. The number of nitrogens with zero attached hydrogens (tertiary/aromatic N) is 1. The fourth-order valence-electron chi connectivity index (χ4n) is 1.87. The number of hydrogen-bond donors (Lipinski definition) is 2. The first-order valence-corrected chi connectivity index (χ1v) is 5.95. The first-order chi connectivity index (χ1) is 8.16. The third-order valence-electron chi connectivity index (χ3n) is 3.08. The van der Waals surface area contributed by atoms with Crippen LogP contribution in [0.15, 0.2) is 30.5 Å². The summed E-state index contributed by atoms with van der Waals surface area (Å²) in [6, 6.07) is 8.96. The maximum atomic E-state index is 4.02. The molecule has 0 amide bonds. The third-order valence-corrected chi connectivity index (χ3v) is 3.08. The monoisotopic (exact) mass is 229 g/mol. The molecule has 0 unspecified atom stereocenters. The Labute approximate surface area is 102 Å². The van der Waals surface area contributed by atoms with E-state index in [0.29, 0.717) is 6.04 Å². The van der Waals surface area contributed by atoms with Gasteiger partial charge >= 0.3 is 0 Å². The van der Waals surface area contributed by atoms with Gasteiger partial charge in [0, 0.05) is 23.8 Å². The number of aromatic nitrogens is 2. The molecule has 90 valence electrons. The highest BCUT2D eigenvalue weighted by Gasteiger charge is 2.06. The van der Waals surface area contributed by atoms with Crippen molar-refractivity contribution in [3.05, 3.63) is 52.8 Å². The highest BCUT2D eigenvalue weighted by molar-refractivity contribution is 5.25. The average molecular weight is 229 g/mol. The molecule has 0 spiro atoms. The molecule has 3 heteroatoms. The van der Waals surface area contributed by atoms with E-state index >= 15 is 0 Å². The predicted octanol–water partition coefficient (Wildman–Crippen LogP) is 2.88. The van der Waals surface area contributed by atoms with E-state index in [0.717, 1.165) is 12.2 Å². The second-order valence-corrected chi connectivity index (χ2v) is 4.54. The fraction of sp³-hybridized carbons (Fsp3) is 0.357. The van der Waals surface area contributed by atoms with E-state index in [1.807, 2.05) is 13.1 Å². The van der Waals surface area contributed by atoms with Crippen molar-refractivity contribution in [1.29, 1.82) is 0 Å². The second kappa shape index (κ2) is 5.15. The van der Waals surface area contributed by atoms with E-state index in [2.05, 4.69) is 53.6 Å². The van der Waals surface area contributed by atoms with Gasteiger partial charge in [0.05, 0.1) is 6.20 Å². The summed E-state index contributed by atoms with van der Waals surface area (Å²) in [5, 5.41) is 10.5. The van der Waals surface area contributed by atoms with Crippen molar-refractivity contribution in [2.45, 2.75) is 33.4 Å². The molecule has 2 N–H and O–H groups in total. The van der Waals surface area contributed by atoms with Gasteiger partial charge in [-0.15, -0.1) is 0 Å². The van der Waals surface area contributed by atoms with E-state index in [9.17, 15) is 0 Å². The SMILES string of the molecule is Cc1cccc([C@@H](C)NCc2cn[nH]c2C)c1. The molecule has 3 nitrogen and oxygen atoms in total. The van der Waals surface area contributed by atoms with Crippen LogP contribution in [0.4, 0.5) is 0 Å². The van der Waals surface area contributed by atoms with Crippen LogP contribution in [0.5, 0.6) is 0 Å². The van der Waals surface area contributed by atoms with Gasteiger partial charge in [0.15, 0.2) is 0 Å². The Kier molecular flexibility index (Phi) is 3.59. The fourth-order valence-corrected chi connectivity index (χ4v) is 1.87. The molecule has 1 heterocycles. The third kappa shape index (κ3) is 2.94. The normalized spacial score (nSPS) is 12.6. The van der Waals surface area contributed by atoms with Gasteiger partial charge in [-0.1, -0.05) is 29.8 Å². The predicted molar refractivity (Wildman–Crippen MR) is 69.8 cm³/mol. The lowest BCUT2D eigenvalue weighted by Gasteiger charge is -2.14. The number of rotatable bonds is 4. The van der Waals surface area contributed by atoms with Crippen molar-refractivity contribution in [1.82, 2.24) is 15.5 Å². The molecule has 17 heavy (non-hydrogen) atoms. The molecule has 2 rings (SSSR count). The topological polar surface area (TPSA) is 40.7 Å². The van der Waals surface area contributed by atoms with Crippen LogP contribution >= 0.6 is 0 Å². The van der Waals surface area contributed by atoms with Crippen LogP contribution in [-0.4, -0.2) is 10.2 Å². The van der Waals surface area contributed by atoms with Crippen molar-refractivity contribution in [3.8, 4) is 0 Å². The van der Waals surface area contributed by atoms with E-state index in [1.54, 1.807) is 0 Å². The Morgan fingerprint density at radius 3 is 2.82 bits per heavy atom. The summed E-state index contributed by atoms with van der Waals surface area (Å²) in [5.74, 6) is 0. The molecule has 0 fully saturated rings. The van der Waals surface area contributed by atoms with Crippen LogP contribution in [-0.2, 0) is 6.54 Å². The van der Waals surface area contributed by atoms with E-state index in [1.165, 1.54) is 16.7 Å². The lowest BCUT2D eigenvalue weighted by molar-refractivity contribution is 0.573. The van der Waals surface area contributed by atoms with Crippen molar-refractivity contribution in [2.75, 3.05) is 0 Å². The van der Waals surface area contributed by atoms with Gasteiger partial charge in [0.2, 0.25) is 0 Å². The molecule has 1 atom stereocenters. The largest absolute Gasteiger partial charge is 0.306 e. The number of H-pyrrole nitrogens is 1. The Balaban J connectivity index is 1.98. The lowest BCUT2D eigenvalue weighted by atomic mass is 10.1. The first kappa shape index (κ1) is 11.9. The minimum atomic E-state index is 0.351. The minimum absolute atomic E-state index is 0.351. The molecule has 0 bridgehead atoms. The van der Waals surface area contributed by atoms with Crippen LogP contribution in [0.25, 0.3) is 0 Å². The van der Waals surface area contributed by atoms with Gasteiger partial charge in [0.25, 0.3) is 0 Å². The van der Waals surface area contributed by atoms with Gasteiger partial charge in [-0.3, -0.25) is 5.10 Å².